The normalized spacial score (nSPS) is 17.0. The fourth-order valence-electron chi connectivity index (χ4n) is 3.79. The molecule has 31 heavy (non-hydrogen) atoms. The first-order valence-electron chi connectivity index (χ1n) is 10.1. The van der Waals surface area contributed by atoms with E-state index in [0.29, 0.717) is 23.1 Å². The largest absolute Gasteiger partial charge is 0.454 e. The van der Waals surface area contributed by atoms with Crippen LogP contribution in [0.5, 0.6) is 11.5 Å². The number of nitro groups is 1. The lowest BCUT2D eigenvalue weighted by molar-refractivity contribution is -0.385. The lowest BCUT2D eigenvalue weighted by atomic mass is 9.96. The summed E-state index contributed by atoms with van der Waals surface area (Å²) >= 11 is 3.17. The van der Waals surface area contributed by atoms with Gasteiger partial charge in [-0.3, -0.25) is 15.1 Å². The van der Waals surface area contributed by atoms with Crippen molar-refractivity contribution in [2.24, 2.45) is 10.1 Å². The van der Waals surface area contributed by atoms with Gasteiger partial charge in [0.1, 0.15) is 0 Å². The second-order valence-electron chi connectivity index (χ2n) is 7.38. The van der Waals surface area contributed by atoms with Crippen LogP contribution >= 0.6 is 22.7 Å². The Morgan fingerprint density at radius 2 is 1.97 bits per heavy atom. The number of ether oxygens (including phenoxy) is 2. The highest BCUT2D eigenvalue weighted by atomic mass is 32.1. The Labute approximate surface area is 186 Å². The predicted octanol–water partition coefficient (Wildman–Crippen LogP) is 5.03. The maximum atomic E-state index is 11.6. The first-order chi connectivity index (χ1) is 15.2. The Morgan fingerprint density at radius 3 is 2.71 bits per heavy atom. The van der Waals surface area contributed by atoms with E-state index in [-0.39, 0.29) is 12.5 Å². The molecule has 0 spiro atoms. The molecular weight excluding hydrogens is 436 g/mol. The number of aromatic nitrogens is 1. The fourth-order valence-corrected chi connectivity index (χ4v) is 5.49. The Morgan fingerprint density at radius 1 is 1.16 bits per heavy atom. The molecule has 0 N–H and O–H groups in total. The summed E-state index contributed by atoms with van der Waals surface area (Å²) in [5, 5.41) is 20.3. The predicted molar refractivity (Wildman–Crippen MR) is 120 cm³/mol. The molecule has 0 radical (unpaired) electrons. The van der Waals surface area contributed by atoms with E-state index in [1.54, 1.807) is 33.4 Å². The lowest BCUT2D eigenvalue weighted by Gasteiger charge is -2.16. The van der Waals surface area contributed by atoms with Crippen molar-refractivity contribution in [2.75, 3.05) is 6.79 Å². The molecule has 0 atom stereocenters. The van der Waals surface area contributed by atoms with Gasteiger partial charge in [0.2, 0.25) is 11.6 Å². The Bertz CT molecular complexity index is 1190. The summed E-state index contributed by atoms with van der Waals surface area (Å²) in [4.78, 5) is 18.0. The van der Waals surface area contributed by atoms with Gasteiger partial charge in [0.25, 0.3) is 5.69 Å². The second kappa shape index (κ2) is 8.64. The Balaban J connectivity index is 1.58. The van der Waals surface area contributed by atoms with Crippen LogP contribution in [-0.4, -0.2) is 28.6 Å². The molecule has 1 saturated carbocycles. The number of nitro benzene ring substituents is 1. The van der Waals surface area contributed by atoms with Gasteiger partial charge in [0.15, 0.2) is 11.5 Å². The van der Waals surface area contributed by atoms with Crippen molar-refractivity contribution < 1.29 is 14.4 Å². The van der Waals surface area contributed by atoms with Gasteiger partial charge in [0, 0.05) is 5.38 Å². The first-order valence-corrected chi connectivity index (χ1v) is 11.9. The molecule has 8 nitrogen and oxygen atoms in total. The van der Waals surface area contributed by atoms with Gasteiger partial charge in [-0.15, -0.1) is 22.7 Å². The zero-order valence-electron chi connectivity index (χ0n) is 16.6. The molecule has 2 aromatic heterocycles. The van der Waals surface area contributed by atoms with Crippen LogP contribution in [-0.2, 0) is 0 Å². The molecule has 2 aliphatic rings. The van der Waals surface area contributed by atoms with Crippen molar-refractivity contribution in [1.82, 2.24) is 4.68 Å². The first kappa shape index (κ1) is 20.0. The molecule has 1 aromatic carbocycles. The van der Waals surface area contributed by atoms with Gasteiger partial charge < -0.3 is 9.47 Å². The lowest BCUT2D eigenvalue weighted by Crippen LogP contribution is -2.18. The van der Waals surface area contributed by atoms with Gasteiger partial charge in [-0.25, -0.2) is 4.68 Å². The van der Waals surface area contributed by atoms with Crippen molar-refractivity contribution in [1.29, 1.82) is 0 Å². The second-order valence-corrected chi connectivity index (χ2v) is 9.16. The molecule has 0 bridgehead atoms. The molecular formula is C21H20N4O4S2. The van der Waals surface area contributed by atoms with Gasteiger partial charge in [-0.2, -0.15) is 5.10 Å². The van der Waals surface area contributed by atoms with Gasteiger partial charge in [-0.1, -0.05) is 25.3 Å². The highest BCUT2D eigenvalue weighted by Crippen LogP contribution is 2.37. The quantitative estimate of drug-likeness (QED) is 0.306. The molecule has 10 heteroatoms. The molecule has 160 valence electrons. The van der Waals surface area contributed by atoms with Gasteiger partial charge >= 0.3 is 0 Å². The summed E-state index contributed by atoms with van der Waals surface area (Å²) < 4.78 is 12.5. The number of hydrogen-bond acceptors (Lipinski definition) is 8. The minimum Gasteiger partial charge on any atom is -0.454 e. The van der Waals surface area contributed by atoms with Crippen molar-refractivity contribution in [3.05, 3.63) is 55.5 Å². The molecule has 0 amide bonds. The third-order valence-electron chi connectivity index (χ3n) is 5.36. The maximum Gasteiger partial charge on any atom is 0.282 e. The van der Waals surface area contributed by atoms with E-state index in [1.807, 2.05) is 22.9 Å². The summed E-state index contributed by atoms with van der Waals surface area (Å²) in [6.45, 7) is 0.0549. The Kier molecular flexibility index (Phi) is 5.56. The van der Waals surface area contributed by atoms with Crippen LogP contribution in [0.4, 0.5) is 5.69 Å². The molecule has 0 saturated heterocycles. The topological polar surface area (TPSA) is 91.2 Å². The average molecular weight is 457 g/mol. The highest BCUT2D eigenvalue weighted by molar-refractivity contribution is 7.14. The molecule has 5 rings (SSSR count). The standard InChI is InChI=1S/C21H20N4O4S2/c26-25(27)16-10-19-18(28-13-29-19)9-14(16)11-22-24-17(20-7-4-8-30-20)12-31-21(24)23-15-5-2-1-3-6-15/h4,7-12,15H,1-3,5-6,13H2. The van der Waals surface area contributed by atoms with E-state index in [4.69, 9.17) is 14.5 Å². The van der Waals surface area contributed by atoms with Gasteiger partial charge in [-0.05, 0) is 30.4 Å². The van der Waals surface area contributed by atoms with Crippen LogP contribution in [0, 0.1) is 10.1 Å². The summed E-state index contributed by atoms with van der Waals surface area (Å²) in [7, 11) is 0. The highest BCUT2D eigenvalue weighted by Gasteiger charge is 2.23. The van der Waals surface area contributed by atoms with Crippen LogP contribution in [0.25, 0.3) is 10.6 Å². The third-order valence-corrected chi connectivity index (χ3v) is 7.08. The van der Waals surface area contributed by atoms with Gasteiger partial charge in [0.05, 0.1) is 39.4 Å². The number of thiophene rings is 1. The molecule has 3 aromatic rings. The fraction of sp³-hybridized carbons (Fsp3) is 0.333. The Hall–Kier alpha value is -2.98. The number of benzene rings is 1. The smallest absolute Gasteiger partial charge is 0.282 e. The minimum absolute atomic E-state index is 0.0549. The number of fused-ring (bicyclic) bond motifs is 1. The van der Waals surface area contributed by atoms with E-state index in [1.165, 1.54) is 31.5 Å². The monoisotopic (exact) mass is 456 g/mol. The molecule has 1 fully saturated rings. The van der Waals surface area contributed by atoms with Crippen molar-refractivity contribution >= 4 is 34.6 Å². The van der Waals surface area contributed by atoms with E-state index in [2.05, 4.69) is 5.10 Å². The van der Waals surface area contributed by atoms with Crippen LogP contribution in [0.1, 0.15) is 37.7 Å². The van der Waals surface area contributed by atoms with Crippen molar-refractivity contribution in [2.45, 2.75) is 38.1 Å². The molecule has 0 unspecified atom stereocenters. The van der Waals surface area contributed by atoms with Crippen molar-refractivity contribution in [3.63, 3.8) is 0 Å². The summed E-state index contributed by atoms with van der Waals surface area (Å²) in [5.74, 6) is 0.854. The van der Waals surface area contributed by atoms with E-state index < -0.39 is 4.92 Å². The van der Waals surface area contributed by atoms with Crippen LogP contribution in [0.2, 0.25) is 0 Å². The number of hydrogen-bond donors (Lipinski definition) is 0. The zero-order chi connectivity index (χ0) is 21.2. The van der Waals surface area contributed by atoms with E-state index >= 15 is 0 Å². The minimum atomic E-state index is -0.435. The average Bonchev–Trinajstić information content (AvgIpc) is 3.53. The SMILES string of the molecule is O=[N+]([O-])c1cc2c(cc1C=Nn1c(-c3cccs3)csc1=NC1CCCCC1)OCO2. The van der Waals surface area contributed by atoms with Crippen molar-refractivity contribution in [3.8, 4) is 22.1 Å². The molecule has 1 aliphatic carbocycles. The number of nitrogens with zero attached hydrogens (tertiary/aromatic N) is 4. The van der Waals surface area contributed by atoms with E-state index in [0.717, 1.165) is 28.2 Å². The van der Waals surface area contributed by atoms with Crippen LogP contribution in [0.15, 0.2) is 45.1 Å². The summed E-state index contributed by atoms with van der Waals surface area (Å²) in [5.41, 5.74) is 1.20. The molecule has 3 heterocycles. The van der Waals surface area contributed by atoms with Crippen LogP contribution in [0.3, 0.4) is 0 Å². The summed E-state index contributed by atoms with van der Waals surface area (Å²) in [6.07, 6.45) is 7.34. The summed E-state index contributed by atoms with van der Waals surface area (Å²) in [6, 6.07) is 7.30. The van der Waals surface area contributed by atoms with E-state index in [9.17, 15) is 10.1 Å². The van der Waals surface area contributed by atoms with Crippen LogP contribution < -0.4 is 14.3 Å². The molecule has 1 aliphatic heterocycles. The number of rotatable bonds is 5. The number of thiazole rings is 1. The third kappa shape index (κ3) is 4.13. The zero-order valence-corrected chi connectivity index (χ0v) is 18.2. The maximum absolute atomic E-state index is 11.6.